The molecule has 1 aliphatic rings. The zero-order valence-electron chi connectivity index (χ0n) is 25.8. The van der Waals surface area contributed by atoms with Crippen LogP contribution in [0.25, 0.3) is 6.08 Å². The number of esters is 4. The zero-order valence-corrected chi connectivity index (χ0v) is 26.6. The molecule has 0 saturated heterocycles. The molecule has 0 saturated carbocycles. The number of H-pyrrole nitrogens is 1. The first kappa shape index (κ1) is 33.6. The van der Waals surface area contributed by atoms with Crippen LogP contribution in [-0.2, 0) is 52.8 Å². The van der Waals surface area contributed by atoms with Gasteiger partial charge in [0.25, 0.3) is 0 Å². The molecular formula is C32H40N2O8S. The Morgan fingerprint density at radius 3 is 2.30 bits per heavy atom. The van der Waals surface area contributed by atoms with E-state index in [9.17, 15) is 19.2 Å². The van der Waals surface area contributed by atoms with Crippen molar-refractivity contribution in [1.82, 2.24) is 4.98 Å². The molecule has 11 heteroatoms. The minimum absolute atomic E-state index is 0.000852. The molecule has 1 aromatic heterocycles. The number of carbonyl (C=O) groups excluding carboxylic acids is 4. The van der Waals surface area contributed by atoms with Crippen LogP contribution in [0, 0.1) is 5.41 Å². The lowest BCUT2D eigenvalue weighted by Crippen LogP contribution is -2.25. The summed E-state index contributed by atoms with van der Waals surface area (Å²) in [5.74, 6) is -1.79. The average molecular weight is 613 g/mol. The molecule has 0 spiro atoms. The summed E-state index contributed by atoms with van der Waals surface area (Å²) in [5, 5.41) is 0.771. The summed E-state index contributed by atoms with van der Waals surface area (Å²) in [6, 6.07) is 9.47. The van der Waals surface area contributed by atoms with E-state index in [2.05, 4.69) is 4.98 Å². The van der Waals surface area contributed by atoms with Gasteiger partial charge in [0.1, 0.15) is 17.9 Å². The van der Waals surface area contributed by atoms with Crippen LogP contribution < -0.4 is 0 Å². The van der Waals surface area contributed by atoms with Gasteiger partial charge < -0.3 is 23.9 Å². The standard InChI is InChI=1S/C32H40N2O8S/c1-31(2,3)42-30(38)29-21(13-14-26(35)39-6)22(15-27(36)40-7)23(33-29)16-24-32(4,5)17-25(34-24)43-19-28(37)41-18-20-11-9-8-10-12-20/h8-12,16,33H,13-15,17-19H2,1-7H3/b24-16-. The maximum Gasteiger partial charge on any atom is 0.355 e. The summed E-state index contributed by atoms with van der Waals surface area (Å²) in [4.78, 5) is 58.0. The van der Waals surface area contributed by atoms with Gasteiger partial charge in [-0.1, -0.05) is 55.9 Å². The van der Waals surface area contributed by atoms with Gasteiger partial charge in [0.2, 0.25) is 0 Å². The first-order valence-corrected chi connectivity index (χ1v) is 14.9. The van der Waals surface area contributed by atoms with Crippen molar-refractivity contribution < 1.29 is 38.1 Å². The molecule has 0 amide bonds. The molecule has 1 aliphatic heterocycles. The smallest absolute Gasteiger partial charge is 0.355 e. The van der Waals surface area contributed by atoms with Crippen LogP contribution in [0.1, 0.15) is 80.3 Å². The maximum absolute atomic E-state index is 13.2. The number of nitrogens with zero attached hydrogens (tertiary/aromatic N) is 1. The summed E-state index contributed by atoms with van der Waals surface area (Å²) in [5.41, 5.74) is 2.09. The Kier molecular flexibility index (Phi) is 11.4. The molecular weight excluding hydrogens is 572 g/mol. The van der Waals surface area contributed by atoms with Crippen LogP contribution in [0.15, 0.2) is 41.0 Å². The lowest BCUT2D eigenvalue weighted by atomic mass is 9.87. The summed E-state index contributed by atoms with van der Waals surface area (Å²) in [7, 11) is 2.58. The molecule has 10 nitrogen and oxygen atoms in total. The number of ether oxygens (including phenoxy) is 4. The van der Waals surface area contributed by atoms with E-state index in [1.54, 1.807) is 26.8 Å². The Morgan fingerprint density at radius 2 is 1.67 bits per heavy atom. The second-order valence-electron chi connectivity index (χ2n) is 11.7. The minimum atomic E-state index is -0.769. The number of benzene rings is 1. The van der Waals surface area contributed by atoms with E-state index in [-0.39, 0.29) is 43.3 Å². The average Bonchev–Trinajstić information content (AvgIpc) is 3.44. The van der Waals surface area contributed by atoms with E-state index in [1.165, 1.54) is 26.0 Å². The largest absolute Gasteiger partial charge is 0.469 e. The zero-order chi connectivity index (χ0) is 31.8. The lowest BCUT2D eigenvalue weighted by Gasteiger charge is -2.19. The Hall–Kier alpha value is -3.86. The fraction of sp³-hybridized carbons (Fsp3) is 0.469. The quantitative estimate of drug-likeness (QED) is 0.260. The summed E-state index contributed by atoms with van der Waals surface area (Å²) in [6.07, 6.45) is 2.40. The van der Waals surface area contributed by atoms with E-state index in [1.807, 2.05) is 44.2 Å². The van der Waals surface area contributed by atoms with Gasteiger partial charge >= 0.3 is 23.9 Å². The second-order valence-corrected chi connectivity index (χ2v) is 12.8. The highest BCUT2D eigenvalue weighted by Gasteiger charge is 2.34. The van der Waals surface area contributed by atoms with Crippen LogP contribution in [0.4, 0.5) is 0 Å². The Bertz CT molecular complexity index is 1400. The van der Waals surface area contributed by atoms with Crippen molar-refractivity contribution in [3.8, 4) is 0 Å². The molecule has 232 valence electrons. The fourth-order valence-corrected chi connectivity index (χ4v) is 5.41. The van der Waals surface area contributed by atoms with Gasteiger partial charge in [0.05, 0.1) is 31.4 Å². The van der Waals surface area contributed by atoms with Crippen molar-refractivity contribution in [2.75, 3.05) is 20.0 Å². The molecule has 2 heterocycles. The molecule has 0 fully saturated rings. The molecule has 3 rings (SSSR count). The SMILES string of the molecule is COC(=O)CCc1c(C(=O)OC(C)(C)C)[nH]c(/C=C2\N=C(SCC(=O)OCc3ccccc3)CC2(C)C)c1CC(=O)OC. The number of thioether (sulfide) groups is 1. The third-order valence-corrected chi connectivity index (χ3v) is 7.57. The van der Waals surface area contributed by atoms with Crippen molar-refractivity contribution in [2.24, 2.45) is 10.4 Å². The van der Waals surface area contributed by atoms with Crippen molar-refractivity contribution in [3.05, 3.63) is 64.1 Å². The maximum atomic E-state index is 13.2. The van der Waals surface area contributed by atoms with Crippen molar-refractivity contribution in [3.63, 3.8) is 0 Å². The van der Waals surface area contributed by atoms with Gasteiger partial charge in [-0.05, 0) is 50.0 Å². The van der Waals surface area contributed by atoms with E-state index in [0.717, 1.165) is 10.6 Å². The Labute approximate surface area is 256 Å². The fourth-order valence-electron chi connectivity index (χ4n) is 4.41. The van der Waals surface area contributed by atoms with E-state index < -0.39 is 28.9 Å². The summed E-state index contributed by atoms with van der Waals surface area (Å²) in [6.45, 7) is 9.53. The first-order valence-electron chi connectivity index (χ1n) is 13.9. The van der Waals surface area contributed by atoms with Crippen LogP contribution in [0.2, 0.25) is 0 Å². The highest BCUT2D eigenvalue weighted by Crippen LogP contribution is 2.42. The van der Waals surface area contributed by atoms with Crippen molar-refractivity contribution in [2.45, 2.75) is 72.5 Å². The lowest BCUT2D eigenvalue weighted by molar-refractivity contribution is -0.142. The van der Waals surface area contributed by atoms with Crippen LogP contribution in [0.5, 0.6) is 0 Å². The minimum Gasteiger partial charge on any atom is -0.469 e. The predicted molar refractivity (Wildman–Crippen MR) is 165 cm³/mol. The van der Waals surface area contributed by atoms with Crippen LogP contribution >= 0.6 is 11.8 Å². The molecule has 1 aromatic carbocycles. The molecule has 0 atom stereocenters. The van der Waals surface area contributed by atoms with E-state index in [0.29, 0.717) is 28.9 Å². The molecule has 0 bridgehead atoms. The highest BCUT2D eigenvalue weighted by molar-refractivity contribution is 8.14. The monoisotopic (exact) mass is 612 g/mol. The third-order valence-electron chi connectivity index (χ3n) is 6.62. The van der Waals surface area contributed by atoms with Gasteiger partial charge in [-0.3, -0.25) is 19.4 Å². The second kappa shape index (κ2) is 14.5. The number of hydrogen-bond acceptors (Lipinski definition) is 10. The molecule has 43 heavy (non-hydrogen) atoms. The number of rotatable bonds is 11. The first-order chi connectivity index (χ1) is 20.2. The summed E-state index contributed by atoms with van der Waals surface area (Å²) < 4.78 is 20.8. The molecule has 0 aliphatic carbocycles. The van der Waals surface area contributed by atoms with Crippen LogP contribution in [0.3, 0.4) is 0 Å². The Balaban J connectivity index is 1.92. The van der Waals surface area contributed by atoms with E-state index >= 15 is 0 Å². The van der Waals surface area contributed by atoms with Gasteiger partial charge in [-0.25, -0.2) is 4.79 Å². The molecule has 0 unspecified atom stereocenters. The molecule has 0 radical (unpaired) electrons. The van der Waals surface area contributed by atoms with Gasteiger partial charge in [0.15, 0.2) is 0 Å². The number of aromatic nitrogens is 1. The molecule has 1 N–H and O–H groups in total. The molecule has 2 aromatic rings. The Morgan fingerprint density at radius 1 is 1.00 bits per heavy atom. The van der Waals surface area contributed by atoms with E-state index in [4.69, 9.17) is 23.9 Å². The third kappa shape index (κ3) is 9.84. The number of aromatic amines is 1. The number of allylic oxidation sites excluding steroid dienone is 1. The normalized spacial score (nSPS) is 15.1. The van der Waals surface area contributed by atoms with Gasteiger partial charge in [-0.2, -0.15) is 0 Å². The number of methoxy groups -OCH3 is 2. The van der Waals surface area contributed by atoms with Gasteiger partial charge in [0, 0.05) is 29.6 Å². The number of carbonyl (C=O) groups is 4. The number of hydrogen-bond donors (Lipinski definition) is 1. The summed E-state index contributed by atoms with van der Waals surface area (Å²) >= 11 is 1.32. The topological polar surface area (TPSA) is 133 Å². The highest BCUT2D eigenvalue weighted by atomic mass is 32.2. The van der Waals surface area contributed by atoms with Gasteiger partial charge in [-0.15, -0.1) is 0 Å². The predicted octanol–water partition coefficient (Wildman–Crippen LogP) is 5.44. The number of aliphatic imine (C=N–C) groups is 1. The van der Waals surface area contributed by atoms with Crippen molar-refractivity contribution in [1.29, 1.82) is 0 Å². The van der Waals surface area contributed by atoms with Crippen molar-refractivity contribution >= 4 is 46.8 Å². The van der Waals surface area contributed by atoms with Crippen LogP contribution in [-0.4, -0.2) is 59.5 Å². The number of nitrogens with one attached hydrogen (secondary N) is 1.